The van der Waals surface area contributed by atoms with Crippen LogP contribution >= 0.6 is 0 Å². The molecule has 22 heavy (non-hydrogen) atoms. The topological polar surface area (TPSA) is 79.8 Å². The molecule has 110 valence electrons. The van der Waals surface area contributed by atoms with E-state index in [1.807, 2.05) is 18.2 Å². The van der Waals surface area contributed by atoms with Crippen LogP contribution in [0.3, 0.4) is 0 Å². The van der Waals surface area contributed by atoms with E-state index in [1.54, 1.807) is 25.6 Å². The van der Waals surface area contributed by atoms with Gasteiger partial charge < -0.3 is 14.9 Å². The Labute approximate surface area is 126 Å². The number of nitrogens with one attached hydrogen (secondary N) is 2. The number of aryl methyl sites for hydroxylation is 1. The molecule has 0 aliphatic heterocycles. The van der Waals surface area contributed by atoms with Crippen molar-refractivity contribution in [3.05, 3.63) is 71.0 Å². The van der Waals surface area contributed by atoms with Crippen LogP contribution in [-0.2, 0) is 7.05 Å². The molecule has 0 saturated heterocycles. The number of benzene rings is 1. The minimum atomic E-state index is -0.266. The Kier molecular flexibility index (Phi) is 3.57. The van der Waals surface area contributed by atoms with Crippen LogP contribution in [0.5, 0.6) is 0 Å². The molecule has 0 radical (unpaired) electrons. The standard InChI is InChI=1S/C16H14N4O2/c1-20-9-12(5-6-15(20)21)16(22)19-13-4-2-3-11(7-13)14-8-17-10-18-14/h2-10H,1H3,(H,17,18)(H,19,22). The molecule has 3 aromatic rings. The maximum absolute atomic E-state index is 12.2. The van der Waals surface area contributed by atoms with Crippen molar-refractivity contribution < 1.29 is 4.79 Å². The number of pyridine rings is 1. The van der Waals surface area contributed by atoms with Crippen molar-refractivity contribution in [2.45, 2.75) is 0 Å². The molecule has 0 spiro atoms. The van der Waals surface area contributed by atoms with Crippen LogP contribution < -0.4 is 10.9 Å². The number of amides is 1. The number of hydrogen-bond acceptors (Lipinski definition) is 3. The lowest BCUT2D eigenvalue weighted by Gasteiger charge is -2.07. The van der Waals surface area contributed by atoms with Crippen molar-refractivity contribution in [3.63, 3.8) is 0 Å². The summed E-state index contributed by atoms with van der Waals surface area (Å²) in [4.78, 5) is 30.6. The van der Waals surface area contributed by atoms with Crippen molar-refractivity contribution in [1.29, 1.82) is 0 Å². The third-order valence-electron chi connectivity index (χ3n) is 3.28. The van der Waals surface area contributed by atoms with Gasteiger partial charge in [-0.2, -0.15) is 0 Å². The summed E-state index contributed by atoms with van der Waals surface area (Å²) in [6.45, 7) is 0. The largest absolute Gasteiger partial charge is 0.345 e. The van der Waals surface area contributed by atoms with E-state index in [2.05, 4.69) is 15.3 Å². The molecule has 0 aliphatic rings. The van der Waals surface area contributed by atoms with Gasteiger partial charge in [-0.1, -0.05) is 12.1 Å². The second kappa shape index (κ2) is 5.69. The molecule has 3 rings (SSSR count). The van der Waals surface area contributed by atoms with Gasteiger partial charge >= 0.3 is 0 Å². The van der Waals surface area contributed by atoms with Gasteiger partial charge in [0.25, 0.3) is 5.91 Å². The van der Waals surface area contributed by atoms with Gasteiger partial charge in [0.05, 0.1) is 23.8 Å². The Morgan fingerprint density at radius 2 is 2.14 bits per heavy atom. The van der Waals surface area contributed by atoms with Gasteiger partial charge in [0.2, 0.25) is 5.56 Å². The fourth-order valence-corrected chi connectivity index (χ4v) is 2.11. The highest BCUT2D eigenvalue weighted by Crippen LogP contribution is 2.20. The Morgan fingerprint density at radius 3 is 2.86 bits per heavy atom. The molecule has 0 bridgehead atoms. The zero-order valence-electron chi connectivity index (χ0n) is 11.9. The Morgan fingerprint density at radius 1 is 1.27 bits per heavy atom. The van der Waals surface area contributed by atoms with E-state index in [-0.39, 0.29) is 11.5 Å². The van der Waals surface area contributed by atoms with Crippen LogP contribution in [0.15, 0.2) is 59.9 Å². The number of aromatic nitrogens is 3. The van der Waals surface area contributed by atoms with Gasteiger partial charge in [-0.05, 0) is 18.2 Å². The fourth-order valence-electron chi connectivity index (χ4n) is 2.11. The first-order chi connectivity index (χ1) is 10.6. The molecular formula is C16H14N4O2. The maximum Gasteiger partial charge on any atom is 0.257 e. The van der Waals surface area contributed by atoms with E-state index in [9.17, 15) is 9.59 Å². The third-order valence-corrected chi connectivity index (χ3v) is 3.28. The lowest BCUT2D eigenvalue weighted by atomic mass is 10.1. The predicted octanol–water partition coefficient (Wildman–Crippen LogP) is 2.03. The van der Waals surface area contributed by atoms with Crippen LogP contribution in [0.2, 0.25) is 0 Å². The minimum Gasteiger partial charge on any atom is -0.345 e. The van der Waals surface area contributed by atoms with E-state index in [4.69, 9.17) is 0 Å². The third kappa shape index (κ3) is 2.80. The zero-order valence-corrected chi connectivity index (χ0v) is 11.9. The number of H-pyrrole nitrogens is 1. The van der Waals surface area contributed by atoms with Gasteiger partial charge in [0, 0.05) is 30.6 Å². The summed E-state index contributed by atoms with van der Waals surface area (Å²) in [5.41, 5.74) is 2.74. The van der Waals surface area contributed by atoms with Crippen molar-refractivity contribution in [1.82, 2.24) is 14.5 Å². The molecule has 0 unspecified atom stereocenters. The normalized spacial score (nSPS) is 10.4. The average molecular weight is 294 g/mol. The van der Waals surface area contributed by atoms with Gasteiger partial charge in [-0.3, -0.25) is 9.59 Å². The van der Waals surface area contributed by atoms with E-state index in [0.29, 0.717) is 11.3 Å². The molecule has 2 aromatic heterocycles. The fraction of sp³-hybridized carbons (Fsp3) is 0.0625. The minimum absolute atomic E-state index is 0.155. The molecule has 0 fully saturated rings. The summed E-state index contributed by atoms with van der Waals surface area (Å²) in [6.07, 6.45) is 4.83. The lowest BCUT2D eigenvalue weighted by molar-refractivity contribution is 0.102. The second-order valence-electron chi connectivity index (χ2n) is 4.87. The monoisotopic (exact) mass is 294 g/mol. The Bertz CT molecular complexity index is 866. The molecule has 0 aliphatic carbocycles. The van der Waals surface area contributed by atoms with E-state index >= 15 is 0 Å². The highest BCUT2D eigenvalue weighted by molar-refractivity contribution is 6.04. The zero-order chi connectivity index (χ0) is 15.5. The molecule has 2 heterocycles. The highest BCUT2D eigenvalue weighted by atomic mass is 16.2. The lowest BCUT2D eigenvalue weighted by Crippen LogP contribution is -2.19. The first-order valence-corrected chi connectivity index (χ1v) is 6.70. The van der Waals surface area contributed by atoms with Crippen LogP contribution in [0.1, 0.15) is 10.4 Å². The van der Waals surface area contributed by atoms with Gasteiger partial charge in [-0.15, -0.1) is 0 Å². The van der Waals surface area contributed by atoms with Crippen molar-refractivity contribution in [3.8, 4) is 11.3 Å². The van der Waals surface area contributed by atoms with E-state index < -0.39 is 0 Å². The first-order valence-electron chi connectivity index (χ1n) is 6.70. The van der Waals surface area contributed by atoms with Crippen molar-refractivity contribution in [2.75, 3.05) is 5.32 Å². The molecule has 6 heteroatoms. The van der Waals surface area contributed by atoms with Gasteiger partial charge in [-0.25, -0.2) is 4.98 Å². The predicted molar refractivity (Wildman–Crippen MR) is 83.7 cm³/mol. The molecule has 0 saturated carbocycles. The molecule has 1 aromatic carbocycles. The Hall–Kier alpha value is -3.15. The smallest absolute Gasteiger partial charge is 0.257 e. The quantitative estimate of drug-likeness (QED) is 0.775. The van der Waals surface area contributed by atoms with Crippen LogP contribution in [0.4, 0.5) is 5.69 Å². The van der Waals surface area contributed by atoms with Gasteiger partial charge in [0.15, 0.2) is 0 Å². The summed E-state index contributed by atoms with van der Waals surface area (Å²) >= 11 is 0. The molecule has 6 nitrogen and oxygen atoms in total. The van der Waals surface area contributed by atoms with Gasteiger partial charge in [0.1, 0.15) is 0 Å². The number of carbonyl (C=O) groups excluding carboxylic acids is 1. The SMILES string of the molecule is Cn1cc(C(=O)Nc2cccc(-c3cnc[nH]3)c2)ccc1=O. The average Bonchev–Trinajstić information content (AvgIpc) is 3.04. The number of anilines is 1. The molecular weight excluding hydrogens is 280 g/mol. The molecule has 0 atom stereocenters. The summed E-state index contributed by atoms with van der Waals surface area (Å²) in [6, 6.07) is 10.3. The number of carbonyl (C=O) groups is 1. The Balaban J connectivity index is 1.83. The van der Waals surface area contributed by atoms with Crippen molar-refractivity contribution in [2.24, 2.45) is 7.05 Å². The summed E-state index contributed by atoms with van der Waals surface area (Å²) < 4.78 is 1.37. The maximum atomic E-state index is 12.2. The van der Waals surface area contributed by atoms with Crippen LogP contribution in [0.25, 0.3) is 11.3 Å². The summed E-state index contributed by atoms with van der Waals surface area (Å²) in [5.74, 6) is -0.266. The van der Waals surface area contributed by atoms with Crippen LogP contribution in [0, 0.1) is 0 Å². The molecule has 1 amide bonds. The summed E-state index contributed by atoms with van der Waals surface area (Å²) in [7, 11) is 1.61. The highest BCUT2D eigenvalue weighted by Gasteiger charge is 2.08. The summed E-state index contributed by atoms with van der Waals surface area (Å²) in [5, 5.41) is 2.82. The second-order valence-corrected chi connectivity index (χ2v) is 4.87. The van der Waals surface area contributed by atoms with E-state index in [1.165, 1.54) is 22.9 Å². The number of hydrogen-bond donors (Lipinski definition) is 2. The number of rotatable bonds is 3. The van der Waals surface area contributed by atoms with Crippen molar-refractivity contribution >= 4 is 11.6 Å². The number of aromatic amines is 1. The van der Waals surface area contributed by atoms with E-state index in [0.717, 1.165) is 11.3 Å². The number of imidazole rings is 1. The van der Waals surface area contributed by atoms with Crippen LogP contribution in [-0.4, -0.2) is 20.4 Å². The number of nitrogens with zero attached hydrogens (tertiary/aromatic N) is 2. The first kappa shape index (κ1) is 13.8. The molecule has 2 N–H and O–H groups in total.